The van der Waals surface area contributed by atoms with Gasteiger partial charge in [-0.15, -0.1) is 0 Å². The average molecular weight is 365 g/mol. The number of carbonyl (C=O) groups is 1. The molecule has 0 spiro atoms. The third-order valence-electron chi connectivity index (χ3n) is 3.81. The van der Waals surface area contributed by atoms with Crippen LogP contribution in [-0.4, -0.2) is 26.7 Å². The van der Waals surface area contributed by atoms with E-state index >= 15 is 0 Å². The average Bonchev–Trinajstić information content (AvgIpc) is 2.61. The van der Waals surface area contributed by atoms with Gasteiger partial charge in [0.15, 0.2) is 0 Å². The first-order valence-corrected chi connectivity index (χ1v) is 7.98. The molecule has 7 heteroatoms. The van der Waals surface area contributed by atoms with Crippen molar-refractivity contribution in [3.05, 3.63) is 53.6 Å². The fourth-order valence-electron chi connectivity index (χ4n) is 2.51. The van der Waals surface area contributed by atoms with Crippen LogP contribution in [0, 0.1) is 0 Å². The van der Waals surface area contributed by atoms with Crippen LogP contribution in [0.25, 0.3) is 0 Å². The molecule has 0 saturated carbocycles. The van der Waals surface area contributed by atoms with E-state index in [1.807, 2.05) is 0 Å². The number of carbonyl (C=O) groups excluding carboxylic acids is 1. The molecule has 2 aromatic carbocycles. The molecule has 0 aliphatic carbocycles. The van der Waals surface area contributed by atoms with Gasteiger partial charge < -0.3 is 19.5 Å². The minimum Gasteiger partial charge on any atom is -0.497 e. The Kier molecular flexibility index (Phi) is 6.77. The van der Waals surface area contributed by atoms with Crippen LogP contribution >= 0.6 is 0 Å². The highest BCUT2D eigenvalue weighted by Gasteiger charge is 2.14. The second-order valence-electron chi connectivity index (χ2n) is 5.59. The molecule has 1 amide bonds. The van der Waals surface area contributed by atoms with Crippen molar-refractivity contribution >= 4 is 5.91 Å². The summed E-state index contributed by atoms with van der Waals surface area (Å²) in [5.74, 6) is 1.02. The first-order valence-electron chi connectivity index (χ1n) is 7.98. The Balaban J connectivity index is 2.03. The van der Waals surface area contributed by atoms with Gasteiger partial charge in [0.05, 0.1) is 26.7 Å². The van der Waals surface area contributed by atoms with Gasteiger partial charge in [0.2, 0.25) is 5.91 Å². The Labute approximate surface area is 150 Å². The number of halogens is 2. The minimum atomic E-state index is -2.89. The number of amides is 1. The summed E-state index contributed by atoms with van der Waals surface area (Å²) in [5.41, 5.74) is 1.38. The molecule has 0 aromatic heterocycles. The molecule has 0 heterocycles. The first kappa shape index (κ1) is 19.5. The minimum absolute atomic E-state index is 0.0513. The molecule has 1 atom stereocenters. The number of hydrogen-bond donors (Lipinski definition) is 1. The normalized spacial score (nSPS) is 11.8. The smallest absolute Gasteiger partial charge is 0.387 e. The summed E-state index contributed by atoms with van der Waals surface area (Å²) in [6.45, 7) is -1.12. The lowest BCUT2D eigenvalue weighted by Crippen LogP contribution is -2.28. The largest absolute Gasteiger partial charge is 0.497 e. The number of ether oxygens (including phenoxy) is 3. The lowest BCUT2D eigenvalue weighted by molar-refractivity contribution is -0.121. The van der Waals surface area contributed by atoms with Crippen LogP contribution in [0.3, 0.4) is 0 Å². The maximum absolute atomic E-state index is 12.3. The zero-order valence-corrected chi connectivity index (χ0v) is 14.8. The van der Waals surface area contributed by atoms with Crippen LogP contribution < -0.4 is 19.5 Å². The van der Waals surface area contributed by atoms with Gasteiger partial charge in [0.25, 0.3) is 0 Å². The molecule has 0 saturated heterocycles. The lowest BCUT2D eigenvalue weighted by Gasteiger charge is -2.16. The second kappa shape index (κ2) is 9.03. The highest BCUT2D eigenvalue weighted by molar-refractivity contribution is 5.79. The van der Waals surface area contributed by atoms with Crippen LogP contribution in [0.2, 0.25) is 0 Å². The summed E-state index contributed by atoms with van der Waals surface area (Å²) < 4.78 is 39.4. The number of hydrogen-bond acceptors (Lipinski definition) is 4. The molecule has 140 valence electrons. The summed E-state index contributed by atoms with van der Waals surface area (Å²) in [6.07, 6.45) is 0.116. The lowest BCUT2D eigenvalue weighted by atomic mass is 10.1. The van der Waals surface area contributed by atoms with Crippen LogP contribution in [0.4, 0.5) is 8.78 Å². The van der Waals surface area contributed by atoms with Gasteiger partial charge in [0, 0.05) is 11.6 Å². The molecule has 0 fully saturated rings. The summed E-state index contributed by atoms with van der Waals surface area (Å²) in [5, 5.41) is 2.84. The van der Waals surface area contributed by atoms with Gasteiger partial charge in [0.1, 0.15) is 17.2 Å². The quantitative estimate of drug-likeness (QED) is 0.775. The zero-order valence-electron chi connectivity index (χ0n) is 14.8. The second-order valence-corrected chi connectivity index (χ2v) is 5.59. The van der Waals surface area contributed by atoms with Gasteiger partial charge >= 0.3 is 6.61 Å². The van der Waals surface area contributed by atoms with Crippen molar-refractivity contribution in [3.8, 4) is 17.2 Å². The van der Waals surface area contributed by atoms with Gasteiger partial charge in [-0.3, -0.25) is 4.79 Å². The molecular formula is C19H21F2NO4. The molecule has 0 aliphatic heterocycles. The number of benzene rings is 2. The van der Waals surface area contributed by atoms with Crippen LogP contribution in [0.1, 0.15) is 24.1 Å². The molecule has 2 rings (SSSR count). The predicted molar refractivity (Wildman–Crippen MR) is 92.9 cm³/mol. The molecule has 2 aromatic rings. The van der Waals surface area contributed by atoms with Crippen LogP contribution in [-0.2, 0) is 11.2 Å². The van der Waals surface area contributed by atoms with E-state index in [-0.39, 0.29) is 24.1 Å². The Bertz CT molecular complexity index is 752. The van der Waals surface area contributed by atoms with Crippen molar-refractivity contribution in [2.45, 2.75) is 26.0 Å². The summed E-state index contributed by atoms with van der Waals surface area (Å²) in [6, 6.07) is 11.1. The number of alkyl halides is 2. The fraction of sp³-hybridized carbons (Fsp3) is 0.316. The molecule has 1 unspecified atom stereocenters. The van der Waals surface area contributed by atoms with Crippen molar-refractivity contribution in [3.63, 3.8) is 0 Å². The van der Waals surface area contributed by atoms with Gasteiger partial charge in [-0.2, -0.15) is 8.78 Å². The van der Waals surface area contributed by atoms with Crippen LogP contribution in [0.5, 0.6) is 17.2 Å². The zero-order chi connectivity index (χ0) is 19.1. The highest BCUT2D eigenvalue weighted by atomic mass is 19.3. The maximum Gasteiger partial charge on any atom is 0.387 e. The van der Waals surface area contributed by atoms with E-state index in [9.17, 15) is 13.6 Å². The highest BCUT2D eigenvalue weighted by Crippen LogP contribution is 2.25. The fourth-order valence-corrected chi connectivity index (χ4v) is 2.51. The van der Waals surface area contributed by atoms with E-state index in [0.29, 0.717) is 22.6 Å². The molecule has 1 N–H and O–H groups in total. The van der Waals surface area contributed by atoms with Crippen molar-refractivity contribution < 1.29 is 27.8 Å². The molecule has 0 aliphatic rings. The van der Waals surface area contributed by atoms with E-state index in [0.717, 1.165) is 0 Å². The molecule has 5 nitrogen and oxygen atoms in total. The van der Waals surface area contributed by atoms with E-state index < -0.39 is 6.61 Å². The van der Waals surface area contributed by atoms with E-state index in [2.05, 4.69) is 10.1 Å². The van der Waals surface area contributed by atoms with E-state index in [4.69, 9.17) is 9.47 Å². The molecule has 0 bridgehead atoms. The summed E-state index contributed by atoms with van der Waals surface area (Å²) in [4.78, 5) is 12.3. The molecule has 26 heavy (non-hydrogen) atoms. The monoisotopic (exact) mass is 365 g/mol. The standard InChI is InChI=1S/C19H21F2NO4/c1-12(13-5-4-6-16(9-13)26-19(20)21)22-18(23)10-14-7-8-15(24-2)11-17(14)25-3/h4-9,11-12,19H,10H2,1-3H3,(H,22,23). The van der Waals surface area contributed by atoms with Crippen molar-refractivity contribution in [1.82, 2.24) is 5.32 Å². The third kappa shape index (κ3) is 5.34. The topological polar surface area (TPSA) is 56.8 Å². The summed E-state index contributed by atoms with van der Waals surface area (Å²) >= 11 is 0. The van der Waals surface area contributed by atoms with Gasteiger partial charge in [-0.1, -0.05) is 18.2 Å². The predicted octanol–water partition coefficient (Wildman–Crippen LogP) is 3.73. The first-order chi connectivity index (χ1) is 12.4. The summed E-state index contributed by atoms with van der Waals surface area (Å²) in [7, 11) is 3.07. The Morgan fingerprint density at radius 2 is 1.85 bits per heavy atom. The maximum atomic E-state index is 12.3. The van der Waals surface area contributed by atoms with Crippen LogP contribution in [0.15, 0.2) is 42.5 Å². The van der Waals surface area contributed by atoms with Crippen molar-refractivity contribution in [1.29, 1.82) is 0 Å². The number of nitrogens with one attached hydrogen (secondary N) is 1. The van der Waals surface area contributed by atoms with Gasteiger partial charge in [-0.05, 0) is 30.7 Å². The Hall–Kier alpha value is -2.83. The molecular weight excluding hydrogens is 344 g/mol. The van der Waals surface area contributed by atoms with Gasteiger partial charge in [-0.25, -0.2) is 0 Å². The van der Waals surface area contributed by atoms with Crippen molar-refractivity contribution in [2.75, 3.05) is 14.2 Å². The van der Waals surface area contributed by atoms with E-state index in [1.54, 1.807) is 44.4 Å². The number of methoxy groups -OCH3 is 2. The van der Waals surface area contributed by atoms with Crippen molar-refractivity contribution in [2.24, 2.45) is 0 Å². The molecule has 0 radical (unpaired) electrons. The number of rotatable bonds is 8. The van der Waals surface area contributed by atoms with E-state index in [1.165, 1.54) is 19.2 Å². The Morgan fingerprint density at radius 1 is 1.08 bits per heavy atom. The third-order valence-corrected chi connectivity index (χ3v) is 3.81. The SMILES string of the molecule is COc1ccc(CC(=O)NC(C)c2cccc(OC(F)F)c2)c(OC)c1. The Morgan fingerprint density at radius 3 is 2.50 bits per heavy atom.